The summed E-state index contributed by atoms with van der Waals surface area (Å²) in [5.74, 6) is -0.631. The van der Waals surface area contributed by atoms with Gasteiger partial charge in [-0.3, -0.25) is 19.3 Å². The molecule has 0 unspecified atom stereocenters. The molecule has 0 fully saturated rings. The van der Waals surface area contributed by atoms with Crippen molar-refractivity contribution in [3.05, 3.63) is 106 Å². The van der Waals surface area contributed by atoms with Crippen molar-refractivity contribution < 1.29 is 19.1 Å². The standard InChI is InChI=1S/C28H26ClN3O4/c1-2-16-36-23-11-7-6-10-22(23)31-26(33)21-14-12-19(13-15-21)17-30-25-24(29)27(34)32(28(25)35)18-20-8-4-3-5-9-20/h3-15,30H,2,16-18H2,1H3,(H,31,33). The molecule has 184 valence electrons. The van der Waals surface area contributed by atoms with E-state index in [4.69, 9.17) is 16.3 Å². The maximum atomic E-state index is 12.8. The van der Waals surface area contributed by atoms with Crippen LogP contribution in [-0.4, -0.2) is 29.2 Å². The molecule has 0 atom stereocenters. The summed E-state index contributed by atoms with van der Waals surface area (Å²) in [6, 6.07) is 23.5. The van der Waals surface area contributed by atoms with Gasteiger partial charge in [0, 0.05) is 12.1 Å². The Hall–Kier alpha value is -4.10. The summed E-state index contributed by atoms with van der Waals surface area (Å²) in [6.07, 6.45) is 0.866. The highest BCUT2D eigenvalue weighted by atomic mass is 35.5. The van der Waals surface area contributed by atoms with Gasteiger partial charge in [0.25, 0.3) is 17.7 Å². The molecule has 0 saturated carbocycles. The molecule has 3 aromatic carbocycles. The number of hydrogen-bond acceptors (Lipinski definition) is 5. The van der Waals surface area contributed by atoms with Crippen LogP contribution in [0.4, 0.5) is 5.69 Å². The minimum atomic E-state index is -0.525. The molecular weight excluding hydrogens is 478 g/mol. The van der Waals surface area contributed by atoms with Gasteiger partial charge >= 0.3 is 0 Å². The molecule has 3 amide bonds. The maximum Gasteiger partial charge on any atom is 0.278 e. The van der Waals surface area contributed by atoms with Crippen LogP contribution in [0.3, 0.4) is 0 Å². The van der Waals surface area contributed by atoms with E-state index in [0.717, 1.165) is 22.4 Å². The van der Waals surface area contributed by atoms with Crippen molar-refractivity contribution in [3.63, 3.8) is 0 Å². The van der Waals surface area contributed by atoms with Gasteiger partial charge in [-0.2, -0.15) is 0 Å². The summed E-state index contributed by atoms with van der Waals surface area (Å²) >= 11 is 6.18. The van der Waals surface area contributed by atoms with Crippen LogP contribution < -0.4 is 15.4 Å². The molecule has 2 N–H and O–H groups in total. The van der Waals surface area contributed by atoms with E-state index >= 15 is 0 Å². The number of rotatable bonds is 10. The van der Waals surface area contributed by atoms with Crippen LogP contribution in [0.2, 0.25) is 0 Å². The molecule has 7 nitrogen and oxygen atoms in total. The van der Waals surface area contributed by atoms with E-state index in [1.165, 1.54) is 0 Å². The predicted octanol–water partition coefficient (Wildman–Crippen LogP) is 4.84. The number of ether oxygens (including phenoxy) is 1. The average molecular weight is 504 g/mol. The fraction of sp³-hybridized carbons (Fsp3) is 0.179. The normalized spacial score (nSPS) is 13.2. The number of amides is 3. The Balaban J connectivity index is 1.36. The van der Waals surface area contributed by atoms with Gasteiger partial charge in [-0.05, 0) is 41.8 Å². The molecule has 8 heteroatoms. The number of halogens is 1. The first-order valence-electron chi connectivity index (χ1n) is 11.6. The minimum absolute atomic E-state index is 0.0723. The summed E-state index contributed by atoms with van der Waals surface area (Å²) in [5, 5.41) is 5.73. The van der Waals surface area contributed by atoms with Gasteiger partial charge in [0.1, 0.15) is 16.5 Å². The molecule has 0 saturated heterocycles. The zero-order valence-electron chi connectivity index (χ0n) is 19.8. The lowest BCUT2D eigenvalue weighted by atomic mass is 10.1. The van der Waals surface area contributed by atoms with Gasteiger partial charge in [-0.25, -0.2) is 0 Å². The average Bonchev–Trinajstić information content (AvgIpc) is 3.10. The van der Waals surface area contributed by atoms with Crippen LogP contribution in [0.1, 0.15) is 34.8 Å². The van der Waals surface area contributed by atoms with E-state index < -0.39 is 11.8 Å². The second-order valence-electron chi connectivity index (χ2n) is 8.22. The number of benzene rings is 3. The number of carbonyl (C=O) groups excluding carboxylic acids is 3. The number of imide groups is 1. The van der Waals surface area contributed by atoms with Crippen molar-refractivity contribution in [3.8, 4) is 5.75 Å². The fourth-order valence-corrected chi connectivity index (χ4v) is 3.93. The van der Waals surface area contributed by atoms with Gasteiger partial charge in [-0.1, -0.05) is 73.1 Å². The third-order valence-corrected chi connectivity index (χ3v) is 5.93. The van der Waals surface area contributed by atoms with Crippen LogP contribution in [0.25, 0.3) is 0 Å². The lowest BCUT2D eigenvalue weighted by molar-refractivity contribution is -0.138. The van der Waals surface area contributed by atoms with E-state index in [1.54, 1.807) is 30.3 Å². The second kappa shape index (κ2) is 11.6. The Bertz CT molecular complexity index is 1290. The van der Waals surface area contributed by atoms with Crippen molar-refractivity contribution >= 4 is 35.0 Å². The first-order valence-corrected chi connectivity index (χ1v) is 12.0. The number of nitrogens with zero attached hydrogens (tertiary/aromatic N) is 1. The Morgan fingerprint density at radius 1 is 0.889 bits per heavy atom. The number of para-hydroxylation sites is 2. The predicted molar refractivity (Wildman–Crippen MR) is 138 cm³/mol. The third-order valence-electron chi connectivity index (χ3n) is 5.58. The smallest absolute Gasteiger partial charge is 0.278 e. The quantitative estimate of drug-likeness (QED) is 0.387. The van der Waals surface area contributed by atoms with E-state index in [-0.39, 0.29) is 29.7 Å². The molecule has 0 radical (unpaired) electrons. The molecule has 36 heavy (non-hydrogen) atoms. The Morgan fingerprint density at radius 2 is 1.58 bits per heavy atom. The van der Waals surface area contributed by atoms with Crippen molar-refractivity contribution in [2.24, 2.45) is 0 Å². The zero-order chi connectivity index (χ0) is 25.5. The summed E-state index contributed by atoms with van der Waals surface area (Å²) in [6.45, 7) is 2.99. The molecule has 1 heterocycles. The van der Waals surface area contributed by atoms with Gasteiger partial charge in [0.15, 0.2) is 0 Å². The van der Waals surface area contributed by atoms with Crippen LogP contribution >= 0.6 is 11.6 Å². The molecule has 0 bridgehead atoms. The van der Waals surface area contributed by atoms with Crippen molar-refractivity contribution in [2.75, 3.05) is 11.9 Å². The number of hydrogen-bond donors (Lipinski definition) is 2. The Labute approximate surface area is 214 Å². The summed E-state index contributed by atoms with van der Waals surface area (Å²) in [7, 11) is 0. The largest absolute Gasteiger partial charge is 0.491 e. The monoisotopic (exact) mass is 503 g/mol. The van der Waals surface area contributed by atoms with Gasteiger partial charge in [-0.15, -0.1) is 0 Å². The molecule has 1 aliphatic heterocycles. The van der Waals surface area contributed by atoms with Gasteiger partial charge in [0.05, 0.1) is 18.8 Å². The first kappa shape index (κ1) is 25.0. The lowest BCUT2D eigenvalue weighted by Gasteiger charge is -2.15. The van der Waals surface area contributed by atoms with Crippen LogP contribution in [-0.2, 0) is 22.7 Å². The molecule has 0 spiro atoms. The third kappa shape index (κ3) is 5.75. The van der Waals surface area contributed by atoms with Crippen LogP contribution in [0.5, 0.6) is 5.75 Å². The highest BCUT2D eigenvalue weighted by Gasteiger charge is 2.37. The molecule has 3 aromatic rings. The summed E-state index contributed by atoms with van der Waals surface area (Å²) in [5.41, 5.74) is 2.80. The van der Waals surface area contributed by atoms with Gasteiger partial charge < -0.3 is 15.4 Å². The van der Waals surface area contributed by atoms with E-state index in [1.807, 2.05) is 55.5 Å². The van der Waals surface area contributed by atoms with Crippen molar-refractivity contribution in [1.82, 2.24) is 10.2 Å². The van der Waals surface area contributed by atoms with E-state index in [2.05, 4.69) is 10.6 Å². The SMILES string of the molecule is CCCOc1ccccc1NC(=O)c1ccc(CNC2=C(Cl)C(=O)N(Cc3ccccc3)C2=O)cc1. The molecule has 0 aliphatic carbocycles. The lowest BCUT2D eigenvalue weighted by Crippen LogP contribution is -2.33. The summed E-state index contributed by atoms with van der Waals surface area (Å²) < 4.78 is 5.70. The topological polar surface area (TPSA) is 87.7 Å². The molecule has 1 aliphatic rings. The zero-order valence-corrected chi connectivity index (χ0v) is 20.5. The number of nitrogens with one attached hydrogen (secondary N) is 2. The maximum absolute atomic E-state index is 12.8. The summed E-state index contributed by atoms with van der Waals surface area (Å²) in [4.78, 5) is 39.2. The Kier molecular flexibility index (Phi) is 8.02. The van der Waals surface area contributed by atoms with E-state index in [0.29, 0.717) is 23.6 Å². The fourth-order valence-electron chi connectivity index (χ4n) is 3.68. The molecular formula is C28H26ClN3O4. The molecule has 0 aromatic heterocycles. The van der Waals surface area contributed by atoms with E-state index in [9.17, 15) is 14.4 Å². The van der Waals surface area contributed by atoms with Gasteiger partial charge in [0.2, 0.25) is 0 Å². The second-order valence-corrected chi connectivity index (χ2v) is 8.60. The number of carbonyl (C=O) groups is 3. The molecule has 4 rings (SSSR count). The minimum Gasteiger partial charge on any atom is -0.491 e. The Morgan fingerprint density at radius 3 is 2.31 bits per heavy atom. The van der Waals surface area contributed by atoms with Crippen LogP contribution in [0, 0.1) is 0 Å². The van der Waals surface area contributed by atoms with Crippen LogP contribution in [0.15, 0.2) is 89.6 Å². The van der Waals surface area contributed by atoms with Crippen molar-refractivity contribution in [1.29, 1.82) is 0 Å². The highest BCUT2D eigenvalue weighted by Crippen LogP contribution is 2.26. The number of anilines is 1. The first-order chi connectivity index (χ1) is 17.5. The van der Waals surface area contributed by atoms with Crippen molar-refractivity contribution in [2.45, 2.75) is 26.4 Å². The highest BCUT2D eigenvalue weighted by molar-refractivity contribution is 6.47.